The van der Waals surface area contributed by atoms with Gasteiger partial charge in [0.1, 0.15) is 23.1 Å². The van der Waals surface area contributed by atoms with Crippen LogP contribution in [-0.2, 0) is 4.79 Å². The number of Topliss-reactive ketones (excluding diaryl/α,β-unsaturated/α-hetero) is 1. The number of rotatable bonds is 4. The van der Waals surface area contributed by atoms with Gasteiger partial charge in [-0.05, 0) is 56.0 Å². The first-order valence-electron chi connectivity index (χ1n) is 11.6. The van der Waals surface area contributed by atoms with Crippen LogP contribution >= 0.6 is 0 Å². The predicted molar refractivity (Wildman–Crippen MR) is 129 cm³/mol. The van der Waals surface area contributed by atoms with Crippen molar-refractivity contribution in [2.75, 3.05) is 0 Å². The summed E-state index contributed by atoms with van der Waals surface area (Å²) in [5, 5.41) is 0. The number of para-hydroxylation sites is 1. The molecule has 1 saturated carbocycles. The van der Waals surface area contributed by atoms with E-state index in [0.29, 0.717) is 42.8 Å². The number of hydrogen-bond acceptors (Lipinski definition) is 4. The number of ketones is 1. The van der Waals surface area contributed by atoms with Gasteiger partial charge in [-0.3, -0.25) is 14.2 Å². The molecule has 2 heterocycles. The van der Waals surface area contributed by atoms with E-state index in [2.05, 4.69) is 0 Å². The molecule has 1 fully saturated rings. The average molecular weight is 475 g/mol. The van der Waals surface area contributed by atoms with Crippen molar-refractivity contribution in [3.63, 3.8) is 0 Å². The van der Waals surface area contributed by atoms with E-state index >= 15 is 0 Å². The van der Waals surface area contributed by atoms with E-state index in [4.69, 9.17) is 9.40 Å². The summed E-state index contributed by atoms with van der Waals surface area (Å²) >= 11 is 0. The minimum atomic E-state index is -0.768. The molecule has 0 N–H and O–H groups in total. The van der Waals surface area contributed by atoms with Crippen LogP contribution in [0.3, 0.4) is 0 Å². The lowest BCUT2D eigenvalue weighted by molar-refractivity contribution is -0.120. The smallest absolute Gasteiger partial charge is 0.255 e. The number of oxazole rings is 1. The Morgan fingerprint density at radius 3 is 2.37 bits per heavy atom. The first-order chi connectivity index (χ1) is 16.8. The second-order valence-electron chi connectivity index (χ2n) is 9.03. The lowest BCUT2D eigenvalue weighted by Gasteiger charge is -2.17. The summed E-state index contributed by atoms with van der Waals surface area (Å²) < 4.78 is 36.1. The molecule has 7 heteroatoms. The molecule has 5 nitrogen and oxygen atoms in total. The van der Waals surface area contributed by atoms with Gasteiger partial charge in [0.15, 0.2) is 11.7 Å². The number of pyridine rings is 1. The van der Waals surface area contributed by atoms with Gasteiger partial charge in [-0.15, -0.1) is 0 Å². The Hall–Kier alpha value is -3.87. The van der Waals surface area contributed by atoms with Gasteiger partial charge in [0, 0.05) is 42.7 Å². The van der Waals surface area contributed by atoms with Gasteiger partial charge < -0.3 is 4.42 Å². The Morgan fingerprint density at radius 2 is 1.69 bits per heavy atom. The third-order valence-corrected chi connectivity index (χ3v) is 6.58. The van der Waals surface area contributed by atoms with E-state index < -0.39 is 11.6 Å². The fourth-order valence-corrected chi connectivity index (χ4v) is 4.74. The molecule has 0 radical (unpaired) electrons. The molecule has 0 atom stereocenters. The number of aromatic nitrogens is 2. The van der Waals surface area contributed by atoms with Gasteiger partial charge in [-0.2, -0.15) is 0 Å². The number of benzene rings is 2. The van der Waals surface area contributed by atoms with Gasteiger partial charge >= 0.3 is 0 Å². The van der Waals surface area contributed by atoms with Gasteiger partial charge in [0.05, 0.1) is 11.3 Å². The van der Waals surface area contributed by atoms with Crippen molar-refractivity contribution in [1.29, 1.82) is 0 Å². The van der Waals surface area contributed by atoms with Crippen molar-refractivity contribution in [3.8, 4) is 28.3 Å². The van der Waals surface area contributed by atoms with Crippen molar-refractivity contribution >= 4 is 5.78 Å². The van der Waals surface area contributed by atoms with Crippen LogP contribution in [0.4, 0.5) is 8.78 Å². The molecule has 0 unspecified atom stereocenters. The highest BCUT2D eigenvalue weighted by atomic mass is 19.1. The third-order valence-electron chi connectivity index (χ3n) is 6.58. The number of carbonyl (C=O) groups excluding carboxylic acids is 1. The summed E-state index contributed by atoms with van der Waals surface area (Å²) in [6, 6.07) is 12.2. The van der Waals surface area contributed by atoms with E-state index in [-0.39, 0.29) is 28.6 Å². The predicted octanol–water partition coefficient (Wildman–Crippen LogP) is 6.28. The number of nitrogens with zero attached hydrogens (tertiary/aromatic N) is 2. The Labute approximate surface area is 201 Å². The van der Waals surface area contributed by atoms with Gasteiger partial charge in [0.25, 0.3) is 5.56 Å². The summed E-state index contributed by atoms with van der Waals surface area (Å²) in [7, 11) is 0. The highest BCUT2D eigenvalue weighted by molar-refractivity contribution is 5.79. The van der Waals surface area contributed by atoms with Crippen molar-refractivity contribution in [2.45, 2.75) is 45.4 Å². The topological polar surface area (TPSA) is 65.1 Å². The molecule has 0 amide bonds. The van der Waals surface area contributed by atoms with Gasteiger partial charge in [-0.25, -0.2) is 13.8 Å². The fourth-order valence-electron chi connectivity index (χ4n) is 4.74. The lowest BCUT2D eigenvalue weighted by Crippen LogP contribution is -2.18. The molecule has 0 aliphatic heterocycles. The Balaban J connectivity index is 1.69. The van der Waals surface area contributed by atoms with Crippen LogP contribution < -0.4 is 5.56 Å². The van der Waals surface area contributed by atoms with Crippen LogP contribution in [0.25, 0.3) is 28.3 Å². The first kappa shape index (κ1) is 22.9. The molecule has 5 rings (SSSR count). The van der Waals surface area contributed by atoms with Crippen molar-refractivity contribution in [3.05, 3.63) is 93.7 Å². The zero-order valence-electron chi connectivity index (χ0n) is 19.5. The SMILES string of the molecule is Cc1cccc(C)c1-n1cc(-c2nc(C3CCC(=O)CC3)oc2-c2ccc(F)cc2F)ccc1=O. The van der Waals surface area contributed by atoms with Crippen LogP contribution in [0.5, 0.6) is 0 Å². The Morgan fingerprint density at radius 1 is 0.971 bits per heavy atom. The molecule has 0 bridgehead atoms. The highest BCUT2D eigenvalue weighted by Crippen LogP contribution is 2.39. The van der Waals surface area contributed by atoms with E-state index in [0.717, 1.165) is 22.9 Å². The molecule has 0 spiro atoms. The first-order valence-corrected chi connectivity index (χ1v) is 11.6. The molecule has 1 aliphatic carbocycles. The van der Waals surface area contributed by atoms with E-state index in [1.807, 2.05) is 32.0 Å². The van der Waals surface area contributed by atoms with E-state index in [1.54, 1.807) is 16.8 Å². The maximum atomic E-state index is 14.8. The maximum Gasteiger partial charge on any atom is 0.255 e. The zero-order valence-corrected chi connectivity index (χ0v) is 19.5. The molecular weight excluding hydrogens is 450 g/mol. The molecule has 2 aromatic carbocycles. The van der Waals surface area contributed by atoms with Gasteiger partial charge in [0.2, 0.25) is 0 Å². The average Bonchev–Trinajstić information content (AvgIpc) is 3.25. The summed E-state index contributed by atoms with van der Waals surface area (Å²) in [5.74, 6) is -0.748. The molecule has 0 saturated heterocycles. The molecule has 4 aromatic rings. The second-order valence-corrected chi connectivity index (χ2v) is 9.03. The van der Waals surface area contributed by atoms with Crippen LogP contribution in [0.2, 0.25) is 0 Å². The minimum absolute atomic E-state index is 0.0757. The Bertz CT molecular complexity index is 1470. The number of aryl methyl sites for hydroxylation is 2. The normalized spacial score (nSPS) is 14.5. The second kappa shape index (κ2) is 9.06. The van der Waals surface area contributed by atoms with Crippen LogP contribution in [0, 0.1) is 25.5 Å². The maximum absolute atomic E-state index is 14.8. The van der Waals surface area contributed by atoms with E-state index in [1.165, 1.54) is 18.2 Å². The fraction of sp³-hybridized carbons (Fsp3) is 0.250. The van der Waals surface area contributed by atoms with Crippen LogP contribution in [-0.4, -0.2) is 15.3 Å². The van der Waals surface area contributed by atoms with Crippen molar-refractivity contribution in [1.82, 2.24) is 9.55 Å². The van der Waals surface area contributed by atoms with Crippen molar-refractivity contribution < 1.29 is 18.0 Å². The number of carbonyl (C=O) groups is 1. The minimum Gasteiger partial charge on any atom is -0.440 e. The number of hydrogen-bond donors (Lipinski definition) is 0. The van der Waals surface area contributed by atoms with Gasteiger partial charge in [-0.1, -0.05) is 18.2 Å². The monoisotopic (exact) mass is 474 g/mol. The zero-order chi connectivity index (χ0) is 24.7. The standard InChI is InChI=1S/C28H24F2N2O3/c1-16-4-3-5-17(2)26(16)32-15-19(8-13-24(32)34)25-27(22-12-9-20(29)14-23(22)30)35-28(31-25)18-6-10-21(33)11-7-18/h3-5,8-9,12-15,18H,6-7,10-11H2,1-2H3. The third kappa shape index (κ3) is 4.34. The van der Waals surface area contributed by atoms with Crippen LogP contribution in [0.1, 0.15) is 48.6 Å². The quantitative estimate of drug-likeness (QED) is 0.349. The summed E-state index contributed by atoms with van der Waals surface area (Å²) in [6.07, 6.45) is 3.77. The molecule has 2 aromatic heterocycles. The summed E-state index contributed by atoms with van der Waals surface area (Å²) in [6.45, 7) is 3.86. The molecule has 35 heavy (non-hydrogen) atoms. The lowest BCUT2D eigenvalue weighted by atomic mass is 9.88. The van der Waals surface area contributed by atoms with Crippen LogP contribution in [0.15, 0.2) is 63.9 Å². The highest BCUT2D eigenvalue weighted by Gasteiger charge is 2.28. The Kier molecular flexibility index (Phi) is 5.93. The van der Waals surface area contributed by atoms with E-state index in [9.17, 15) is 18.4 Å². The molecule has 1 aliphatic rings. The number of halogens is 2. The summed E-state index contributed by atoms with van der Waals surface area (Å²) in [5.41, 5.74) is 3.43. The summed E-state index contributed by atoms with van der Waals surface area (Å²) in [4.78, 5) is 29.3. The largest absolute Gasteiger partial charge is 0.440 e. The van der Waals surface area contributed by atoms with Crippen molar-refractivity contribution in [2.24, 2.45) is 0 Å². The molecule has 178 valence electrons. The molecular formula is C28H24F2N2O3.